The number of hydrogen-bond donors (Lipinski definition) is 2. The van der Waals surface area contributed by atoms with E-state index < -0.39 is 12.1 Å². The standard InChI is InChI=1S/C10H13FN2.C2HF3O2/c11-9-1-3-10(4-2-9)13-7-5-12-6-8-13;3-2(4,5)1(6)7/h1-4,12H,5-8H2;(H,6,7). The Morgan fingerprint density at radius 2 is 1.60 bits per heavy atom. The SMILES string of the molecule is Fc1ccc(N2CCNCC2)cc1.O=C(O)C(F)(F)F. The van der Waals surface area contributed by atoms with Crippen molar-refractivity contribution in [3.05, 3.63) is 30.1 Å². The number of anilines is 1. The monoisotopic (exact) mass is 294 g/mol. The number of carbonyl (C=O) groups is 1. The lowest BCUT2D eigenvalue weighted by Gasteiger charge is -2.29. The van der Waals surface area contributed by atoms with Gasteiger partial charge >= 0.3 is 12.1 Å². The molecule has 1 saturated heterocycles. The fourth-order valence-corrected chi connectivity index (χ4v) is 1.57. The molecule has 8 heteroatoms. The van der Waals surface area contributed by atoms with Gasteiger partial charge in [0.05, 0.1) is 0 Å². The minimum Gasteiger partial charge on any atom is -0.475 e. The van der Waals surface area contributed by atoms with Crippen molar-refractivity contribution in [2.24, 2.45) is 0 Å². The summed E-state index contributed by atoms with van der Waals surface area (Å²) in [6, 6.07) is 6.69. The highest BCUT2D eigenvalue weighted by Crippen LogP contribution is 2.14. The molecule has 0 amide bonds. The molecule has 0 saturated carbocycles. The van der Waals surface area contributed by atoms with E-state index in [0.717, 1.165) is 31.9 Å². The van der Waals surface area contributed by atoms with Gasteiger partial charge < -0.3 is 15.3 Å². The molecular formula is C12H14F4N2O2. The lowest BCUT2D eigenvalue weighted by molar-refractivity contribution is -0.192. The topological polar surface area (TPSA) is 52.6 Å². The molecule has 1 aliphatic heterocycles. The summed E-state index contributed by atoms with van der Waals surface area (Å²) in [5.74, 6) is -2.92. The fourth-order valence-electron chi connectivity index (χ4n) is 1.57. The summed E-state index contributed by atoms with van der Waals surface area (Å²) in [6.45, 7) is 4.03. The van der Waals surface area contributed by atoms with E-state index in [4.69, 9.17) is 9.90 Å². The average Bonchev–Trinajstić information content (AvgIpc) is 2.40. The maximum atomic E-state index is 12.6. The van der Waals surface area contributed by atoms with Gasteiger partial charge in [0.15, 0.2) is 0 Å². The van der Waals surface area contributed by atoms with Crippen LogP contribution >= 0.6 is 0 Å². The number of piperazine rings is 1. The smallest absolute Gasteiger partial charge is 0.475 e. The summed E-state index contributed by atoms with van der Waals surface area (Å²) in [4.78, 5) is 11.2. The number of nitrogens with one attached hydrogen (secondary N) is 1. The Hall–Kier alpha value is -1.83. The van der Waals surface area contributed by atoms with Crippen LogP contribution in [-0.4, -0.2) is 43.4 Å². The van der Waals surface area contributed by atoms with E-state index in [-0.39, 0.29) is 5.82 Å². The van der Waals surface area contributed by atoms with E-state index >= 15 is 0 Å². The van der Waals surface area contributed by atoms with Crippen LogP contribution in [0.1, 0.15) is 0 Å². The van der Waals surface area contributed by atoms with Gasteiger partial charge in [-0.15, -0.1) is 0 Å². The van der Waals surface area contributed by atoms with Crippen molar-refractivity contribution < 1.29 is 27.5 Å². The van der Waals surface area contributed by atoms with Gasteiger partial charge in [0.25, 0.3) is 0 Å². The molecule has 1 aromatic rings. The molecule has 0 bridgehead atoms. The highest BCUT2D eigenvalue weighted by atomic mass is 19.4. The number of hydrogen-bond acceptors (Lipinski definition) is 3. The van der Waals surface area contributed by atoms with Crippen molar-refractivity contribution >= 4 is 11.7 Å². The summed E-state index contributed by atoms with van der Waals surface area (Å²) in [5.41, 5.74) is 1.11. The maximum Gasteiger partial charge on any atom is 0.490 e. The third-order valence-corrected chi connectivity index (χ3v) is 2.55. The first-order valence-electron chi connectivity index (χ1n) is 5.82. The number of rotatable bonds is 1. The largest absolute Gasteiger partial charge is 0.490 e. The van der Waals surface area contributed by atoms with E-state index in [1.54, 1.807) is 0 Å². The molecule has 0 unspecified atom stereocenters. The van der Waals surface area contributed by atoms with Gasteiger partial charge in [-0.1, -0.05) is 0 Å². The zero-order chi connectivity index (χ0) is 15.2. The summed E-state index contributed by atoms with van der Waals surface area (Å²) in [5, 5.41) is 10.4. The molecule has 1 heterocycles. The second-order valence-electron chi connectivity index (χ2n) is 4.02. The van der Waals surface area contributed by atoms with Crippen molar-refractivity contribution in [1.82, 2.24) is 5.32 Å². The number of carboxylic acid groups (broad SMARTS) is 1. The molecule has 1 fully saturated rings. The van der Waals surface area contributed by atoms with Crippen LogP contribution in [0.2, 0.25) is 0 Å². The Labute approximate surface area is 113 Å². The minimum atomic E-state index is -5.08. The lowest BCUT2D eigenvalue weighted by Crippen LogP contribution is -2.43. The first-order valence-corrected chi connectivity index (χ1v) is 5.82. The normalized spacial score (nSPS) is 15.3. The summed E-state index contributed by atoms with van der Waals surface area (Å²) in [6.07, 6.45) is -5.08. The zero-order valence-corrected chi connectivity index (χ0v) is 10.5. The van der Waals surface area contributed by atoms with Crippen LogP contribution in [0.15, 0.2) is 24.3 Å². The molecule has 112 valence electrons. The van der Waals surface area contributed by atoms with Gasteiger partial charge in [-0.3, -0.25) is 0 Å². The molecule has 4 nitrogen and oxygen atoms in total. The molecule has 0 aromatic heterocycles. The third kappa shape index (κ3) is 5.43. The molecule has 0 atom stereocenters. The quantitative estimate of drug-likeness (QED) is 0.776. The van der Waals surface area contributed by atoms with Gasteiger partial charge in [0, 0.05) is 31.9 Å². The fraction of sp³-hybridized carbons (Fsp3) is 0.417. The van der Waals surface area contributed by atoms with Crippen molar-refractivity contribution in [1.29, 1.82) is 0 Å². The number of alkyl halides is 3. The van der Waals surface area contributed by atoms with E-state index in [1.165, 1.54) is 12.1 Å². The maximum absolute atomic E-state index is 12.6. The number of nitrogens with zero attached hydrogens (tertiary/aromatic N) is 1. The molecule has 2 N–H and O–H groups in total. The first-order chi connectivity index (χ1) is 9.30. The van der Waals surface area contributed by atoms with Crippen molar-refractivity contribution in [3.63, 3.8) is 0 Å². The van der Waals surface area contributed by atoms with Crippen LogP contribution in [0.25, 0.3) is 0 Å². The Balaban J connectivity index is 0.000000246. The molecule has 0 radical (unpaired) electrons. The Morgan fingerprint density at radius 1 is 1.15 bits per heavy atom. The van der Waals surface area contributed by atoms with Crippen LogP contribution in [0.3, 0.4) is 0 Å². The summed E-state index contributed by atoms with van der Waals surface area (Å²) >= 11 is 0. The molecule has 1 aliphatic rings. The predicted octanol–water partition coefficient (Wildman–Crippen LogP) is 1.87. The predicted molar refractivity (Wildman–Crippen MR) is 65.2 cm³/mol. The van der Waals surface area contributed by atoms with E-state index in [1.807, 2.05) is 12.1 Å². The van der Waals surface area contributed by atoms with Crippen LogP contribution in [0.4, 0.5) is 23.2 Å². The number of halogens is 4. The van der Waals surface area contributed by atoms with E-state index in [2.05, 4.69) is 10.2 Å². The lowest BCUT2D eigenvalue weighted by atomic mass is 10.2. The van der Waals surface area contributed by atoms with Crippen molar-refractivity contribution in [3.8, 4) is 0 Å². The van der Waals surface area contributed by atoms with E-state index in [0.29, 0.717) is 0 Å². The van der Waals surface area contributed by atoms with Gasteiger partial charge in [-0.25, -0.2) is 9.18 Å². The molecule has 1 aromatic carbocycles. The molecular weight excluding hydrogens is 280 g/mol. The second-order valence-corrected chi connectivity index (χ2v) is 4.02. The van der Waals surface area contributed by atoms with Crippen molar-refractivity contribution in [2.75, 3.05) is 31.1 Å². The van der Waals surface area contributed by atoms with Gasteiger partial charge in [0.2, 0.25) is 0 Å². The number of carboxylic acids is 1. The zero-order valence-electron chi connectivity index (χ0n) is 10.5. The van der Waals surface area contributed by atoms with Gasteiger partial charge in [-0.2, -0.15) is 13.2 Å². The Bertz CT molecular complexity index is 428. The van der Waals surface area contributed by atoms with Gasteiger partial charge in [0.1, 0.15) is 5.82 Å². The minimum absolute atomic E-state index is 0.168. The molecule has 2 rings (SSSR count). The molecule has 0 spiro atoms. The second kappa shape index (κ2) is 7.09. The number of aliphatic carboxylic acids is 1. The molecule has 0 aliphatic carbocycles. The Morgan fingerprint density at radius 3 is 2.00 bits per heavy atom. The molecule has 20 heavy (non-hydrogen) atoms. The van der Waals surface area contributed by atoms with Crippen LogP contribution in [0, 0.1) is 5.82 Å². The van der Waals surface area contributed by atoms with Crippen LogP contribution in [0.5, 0.6) is 0 Å². The van der Waals surface area contributed by atoms with Crippen molar-refractivity contribution in [2.45, 2.75) is 6.18 Å². The average molecular weight is 294 g/mol. The highest BCUT2D eigenvalue weighted by molar-refractivity contribution is 5.73. The first kappa shape index (κ1) is 16.2. The van der Waals surface area contributed by atoms with Crippen LogP contribution in [-0.2, 0) is 4.79 Å². The van der Waals surface area contributed by atoms with Gasteiger partial charge in [-0.05, 0) is 24.3 Å². The third-order valence-electron chi connectivity index (χ3n) is 2.55. The summed E-state index contributed by atoms with van der Waals surface area (Å²) in [7, 11) is 0. The highest BCUT2D eigenvalue weighted by Gasteiger charge is 2.38. The van der Waals surface area contributed by atoms with Crippen LogP contribution < -0.4 is 10.2 Å². The summed E-state index contributed by atoms with van der Waals surface area (Å²) < 4.78 is 44.4. The number of benzene rings is 1. The Kier molecular flexibility index (Phi) is 5.75. The van der Waals surface area contributed by atoms with E-state index in [9.17, 15) is 17.6 Å².